The van der Waals surface area contributed by atoms with E-state index in [9.17, 15) is 0 Å². The van der Waals surface area contributed by atoms with Gasteiger partial charge in [-0.05, 0) is 52.0 Å². The van der Waals surface area contributed by atoms with Gasteiger partial charge in [-0.1, -0.05) is 42.5 Å². The molecule has 0 amide bonds. The molecule has 21 heavy (non-hydrogen) atoms. The second kappa shape index (κ2) is 5.88. The Bertz CT molecular complexity index is 778. The lowest BCUT2D eigenvalue weighted by atomic mass is 10.1. The first-order chi connectivity index (χ1) is 10.1. The van der Waals surface area contributed by atoms with E-state index in [0.717, 1.165) is 26.9 Å². The molecule has 3 heteroatoms. The first-order valence-corrected chi connectivity index (χ1v) is 7.65. The van der Waals surface area contributed by atoms with Gasteiger partial charge in [0.1, 0.15) is 11.5 Å². The first kappa shape index (κ1) is 14.1. The highest BCUT2D eigenvalue weighted by Gasteiger charge is 2.08. The molecule has 3 aromatic carbocycles. The van der Waals surface area contributed by atoms with Crippen LogP contribution >= 0.6 is 15.9 Å². The van der Waals surface area contributed by atoms with Crippen molar-refractivity contribution in [1.82, 2.24) is 0 Å². The van der Waals surface area contributed by atoms with Crippen LogP contribution in [0.2, 0.25) is 0 Å². The molecule has 2 N–H and O–H groups in total. The highest BCUT2D eigenvalue weighted by Crippen LogP contribution is 2.34. The van der Waals surface area contributed by atoms with Crippen LogP contribution in [0.4, 0.5) is 0 Å². The Kier molecular flexibility index (Phi) is 3.95. The predicted octanol–water partition coefficient (Wildman–Crippen LogP) is 5.41. The number of benzene rings is 3. The smallest absolute Gasteiger partial charge is 0.141 e. The molecule has 0 aromatic heterocycles. The molecule has 0 radical (unpaired) electrons. The van der Waals surface area contributed by atoms with Gasteiger partial charge in [-0.3, -0.25) is 0 Å². The van der Waals surface area contributed by atoms with E-state index in [0.29, 0.717) is 0 Å². The van der Waals surface area contributed by atoms with Crippen LogP contribution in [0.1, 0.15) is 18.5 Å². The van der Waals surface area contributed by atoms with E-state index in [4.69, 9.17) is 10.5 Å². The van der Waals surface area contributed by atoms with Crippen molar-refractivity contribution in [1.29, 1.82) is 0 Å². The largest absolute Gasteiger partial charge is 0.456 e. The Morgan fingerprint density at radius 1 is 0.952 bits per heavy atom. The first-order valence-electron chi connectivity index (χ1n) is 6.86. The molecule has 3 aromatic rings. The van der Waals surface area contributed by atoms with Crippen LogP contribution in [0.3, 0.4) is 0 Å². The van der Waals surface area contributed by atoms with Gasteiger partial charge in [0.15, 0.2) is 0 Å². The Labute approximate surface area is 132 Å². The molecule has 3 rings (SSSR count). The minimum atomic E-state index is 0.00732. The number of hydrogen-bond donors (Lipinski definition) is 1. The fourth-order valence-electron chi connectivity index (χ4n) is 2.29. The average molecular weight is 342 g/mol. The lowest BCUT2D eigenvalue weighted by Crippen LogP contribution is -2.04. The standard InChI is InChI=1S/C18H16BrNO/c1-12(20)14-9-10-18(16(19)11-14)21-17-8-4-6-13-5-2-3-7-15(13)17/h2-12H,20H2,1H3/t12-/m0/s1. The summed E-state index contributed by atoms with van der Waals surface area (Å²) in [7, 11) is 0. The van der Waals surface area contributed by atoms with Crippen molar-refractivity contribution in [3.8, 4) is 11.5 Å². The molecule has 0 saturated heterocycles. The second-order valence-corrected chi connectivity index (χ2v) is 5.91. The number of fused-ring (bicyclic) bond motifs is 1. The molecule has 0 saturated carbocycles. The topological polar surface area (TPSA) is 35.2 Å². The summed E-state index contributed by atoms with van der Waals surface area (Å²) in [6.45, 7) is 1.97. The van der Waals surface area contributed by atoms with Gasteiger partial charge in [0, 0.05) is 11.4 Å². The molecule has 1 atom stereocenters. The van der Waals surface area contributed by atoms with Crippen LogP contribution in [0.15, 0.2) is 65.1 Å². The predicted molar refractivity (Wildman–Crippen MR) is 90.8 cm³/mol. The third-order valence-corrected chi connectivity index (χ3v) is 4.07. The van der Waals surface area contributed by atoms with E-state index in [2.05, 4.69) is 34.1 Å². The zero-order valence-corrected chi connectivity index (χ0v) is 13.3. The molecule has 0 aliphatic carbocycles. The zero-order chi connectivity index (χ0) is 14.8. The Morgan fingerprint density at radius 2 is 1.71 bits per heavy atom. The summed E-state index contributed by atoms with van der Waals surface area (Å²) in [5.41, 5.74) is 6.97. The van der Waals surface area contributed by atoms with Gasteiger partial charge in [0.25, 0.3) is 0 Å². The molecular weight excluding hydrogens is 326 g/mol. The molecule has 0 heterocycles. The summed E-state index contributed by atoms with van der Waals surface area (Å²) >= 11 is 3.56. The van der Waals surface area contributed by atoms with Crippen LogP contribution in [-0.2, 0) is 0 Å². The van der Waals surface area contributed by atoms with Crippen LogP contribution in [0.5, 0.6) is 11.5 Å². The fraction of sp³-hybridized carbons (Fsp3) is 0.111. The van der Waals surface area contributed by atoms with Gasteiger partial charge >= 0.3 is 0 Å². The van der Waals surface area contributed by atoms with Crippen molar-refractivity contribution in [3.63, 3.8) is 0 Å². The lowest BCUT2D eigenvalue weighted by Gasteiger charge is -2.12. The summed E-state index contributed by atoms with van der Waals surface area (Å²) in [5.74, 6) is 1.64. The normalized spacial score (nSPS) is 12.3. The third kappa shape index (κ3) is 2.94. The Morgan fingerprint density at radius 3 is 2.48 bits per heavy atom. The number of ether oxygens (including phenoxy) is 1. The average Bonchev–Trinajstić information content (AvgIpc) is 2.49. The maximum absolute atomic E-state index is 6.07. The minimum absolute atomic E-state index is 0.00732. The van der Waals surface area contributed by atoms with Crippen molar-refractivity contribution in [2.75, 3.05) is 0 Å². The number of rotatable bonds is 3. The highest BCUT2D eigenvalue weighted by atomic mass is 79.9. The van der Waals surface area contributed by atoms with Gasteiger partial charge in [-0.2, -0.15) is 0 Å². The van der Waals surface area contributed by atoms with E-state index in [-0.39, 0.29) is 6.04 Å². The SMILES string of the molecule is C[C@H](N)c1ccc(Oc2cccc3ccccc23)c(Br)c1. The molecule has 0 unspecified atom stereocenters. The minimum Gasteiger partial charge on any atom is -0.456 e. The van der Waals surface area contributed by atoms with Crippen LogP contribution in [0.25, 0.3) is 10.8 Å². The summed E-state index contributed by atoms with van der Waals surface area (Å²) in [5, 5.41) is 2.27. The molecule has 0 bridgehead atoms. The van der Waals surface area contributed by atoms with E-state index in [1.807, 2.05) is 49.4 Å². The van der Waals surface area contributed by atoms with Crippen molar-refractivity contribution in [2.24, 2.45) is 5.73 Å². The summed E-state index contributed by atoms with van der Waals surface area (Å²) in [6, 6.07) is 20.2. The summed E-state index contributed by atoms with van der Waals surface area (Å²) in [6.07, 6.45) is 0. The second-order valence-electron chi connectivity index (χ2n) is 5.06. The lowest BCUT2D eigenvalue weighted by molar-refractivity contribution is 0.485. The Hall–Kier alpha value is -1.84. The van der Waals surface area contributed by atoms with Crippen LogP contribution in [-0.4, -0.2) is 0 Å². The van der Waals surface area contributed by atoms with Crippen molar-refractivity contribution in [3.05, 3.63) is 70.7 Å². The van der Waals surface area contributed by atoms with Gasteiger partial charge < -0.3 is 10.5 Å². The van der Waals surface area contributed by atoms with E-state index >= 15 is 0 Å². The quantitative estimate of drug-likeness (QED) is 0.690. The van der Waals surface area contributed by atoms with Gasteiger partial charge in [0.05, 0.1) is 4.47 Å². The van der Waals surface area contributed by atoms with Gasteiger partial charge in [0.2, 0.25) is 0 Å². The molecule has 0 fully saturated rings. The van der Waals surface area contributed by atoms with E-state index in [1.165, 1.54) is 5.39 Å². The van der Waals surface area contributed by atoms with Crippen molar-refractivity contribution in [2.45, 2.75) is 13.0 Å². The Balaban J connectivity index is 1.99. The number of hydrogen-bond acceptors (Lipinski definition) is 2. The van der Waals surface area contributed by atoms with E-state index < -0.39 is 0 Å². The maximum Gasteiger partial charge on any atom is 0.141 e. The maximum atomic E-state index is 6.07. The zero-order valence-electron chi connectivity index (χ0n) is 11.7. The monoisotopic (exact) mass is 341 g/mol. The highest BCUT2D eigenvalue weighted by molar-refractivity contribution is 9.10. The molecule has 2 nitrogen and oxygen atoms in total. The molecular formula is C18H16BrNO. The summed E-state index contributed by atoms with van der Waals surface area (Å²) < 4.78 is 6.98. The molecule has 0 aliphatic rings. The molecule has 106 valence electrons. The van der Waals surface area contributed by atoms with Crippen molar-refractivity contribution < 1.29 is 4.74 Å². The van der Waals surface area contributed by atoms with Gasteiger partial charge in [-0.25, -0.2) is 0 Å². The molecule has 0 spiro atoms. The van der Waals surface area contributed by atoms with Crippen LogP contribution < -0.4 is 10.5 Å². The van der Waals surface area contributed by atoms with Crippen LogP contribution in [0, 0.1) is 0 Å². The van der Waals surface area contributed by atoms with Gasteiger partial charge in [-0.15, -0.1) is 0 Å². The summed E-state index contributed by atoms with van der Waals surface area (Å²) in [4.78, 5) is 0. The fourth-order valence-corrected chi connectivity index (χ4v) is 2.76. The molecule has 0 aliphatic heterocycles. The third-order valence-electron chi connectivity index (χ3n) is 3.45. The number of halogens is 1. The van der Waals surface area contributed by atoms with Crippen molar-refractivity contribution >= 4 is 26.7 Å². The van der Waals surface area contributed by atoms with E-state index in [1.54, 1.807) is 0 Å². The number of nitrogens with two attached hydrogens (primary N) is 1.